The summed E-state index contributed by atoms with van der Waals surface area (Å²) >= 11 is 5.96. The molecule has 2 heterocycles. The fourth-order valence-corrected chi connectivity index (χ4v) is 3.85. The van der Waals surface area contributed by atoms with E-state index >= 15 is 0 Å². The summed E-state index contributed by atoms with van der Waals surface area (Å²) in [6.45, 7) is 2.21. The minimum Gasteiger partial charge on any atom is -0.294 e. The normalized spacial score (nSPS) is 25.9. The summed E-state index contributed by atoms with van der Waals surface area (Å²) in [5.74, 6) is 0.937. The largest absolute Gasteiger partial charge is 0.294 e. The molecule has 1 aliphatic carbocycles. The van der Waals surface area contributed by atoms with Crippen molar-refractivity contribution >= 4 is 11.6 Å². The Morgan fingerprint density at radius 3 is 2.78 bits per heavy atom. The van der Waals surface area contributed by atoms with Gasteiger partial charge in [0.25, 0.3) is 0 Å². The van der Waals surface area contributed by atoms with E-state index in [1.807, 2.05) is 12.1 Å². The maximum absolute atomic E-state index is 5.96. The Balaban J connectivity index is 1.67. The first-order chi connectivity index (χ1) is 8.83. The zero-order chi connectivity index (χ0) is 12.4. The fraction of sp³-hybridized carbons (Fsp3) is 0.667. The van der Waals surface area contributed by atoms with E-state index < -0.39 is 0 Å². The number of hydrogen-bond donors (Lipinski definition) is 0. The van der Waals surface area contributed by atoms with Crippen LogP contribution < -0.4 is 0 Å². The Morgan fingerprint density at radius 2 is 2.00 bits per heavy atom. The van der Waals surface area contributed by atoms with E-state index in [9.17, 15) is 0 Å². The van der Waals surface area contributed by atoms with Crippen LogP contribution in [-0.2, 0) is 6.54 Å². The third kappa shape index (κ3) is 2.70. The van der Waals surface area contributed by atoms with E-state index in [0.29, 0.717) is 5.15 Å². The Kier molecular flexibility index (Phi) is 3.86. The average Bonchev–Trinajstić information content (AvgIpc) is 2.98. The summed E-state index contributed by atoms with van der Waals surface area (Å²) in [5, 5.41) is 0.615. The topological polar surface area (TPSA) is 16.1 Å². The van der Waals surface area contributed by atoms with Crippen molar-refractivity contribution in [1.29, 1.82) is 0 Å². The molecule has 1 aromatic heterocycles. The lowest BCUT2D eigenvalue weighted by Gasteiger charge is -2.29. The summed E-state index contributed by atoms with van der Waals surface area (Å²) in [5.41, 5.74) is 1.12. The predicted octanol–water partition coefficient (Wildman–Crippen LogP) is 3.89. The fourth-order valence-electron chi connectivity index (χ4n) is 3.67. The SMILES string of the molecule is Clc1cccc(CN2CCCC2C2CCCC2)n1. The number of hydrogen-bond acceptors (Lipinski definition) is 2. The summed E-state index contributed by atoms with van der Waals surface area (Å²) in [4.78, 5) is 7.06. The molecule has 2 nitrogen and oxygen atoms in total. The Bertz CT molecular complexity index is 401. The highest BCUT2D eigenvalue weighted by Crippen LogP contribution is 2.35. The van der Waals surface area contributed by atoms with Crippen LogP contribution >= 0.6 is 11.6 Å². The second-order valence-corrected chi connectivity index (χ2v) is 6.06. The van der Waals surface area contributed by atoms with Crippen LogP contribution in [0.25, 0.3) is 0 Å². The van der Waals surface area contributed by atoms with E-state index in [1.165, 1.54) is 45.1 Å². The Labute approximate surface area is 114 Å². The molecule has 2 aliphatic rings. The molecule has 1 saturated heterocycles. The van der Waals surface area contributed by atoms with Gasteiger partial charge >= 0.3 is 0 Å². The monoisotopic (exact) mass is 264 g/mol. The number of likely N-dealkylation sites (tertiary alicyclic amines) is 1. The molecule has 0 spiro atoms. The molecule has 0 N–H and O–H groups in total. The van der Waals surface area contributed by atoms with Crippen molar-refractivity contribution in [3.63, 3.8) is 0 Å². The molecular formula is C15H21ClN2. The second kappa shape index (κ2) is 5.58. The maximum atomic E-state index is 5.96. The second-order valence-electron chi connectivity index (χ2n) is 5.68. The van der Waals surface area contributed by atoms with Crippen molar-refractivity contribution in [2.75, 3.05) is 6.54 Å². The number of aromatic nitrogens is 1. The molecule has 1 atom stereocenters. The molecule has 0 radical (unpaired) electrons. The van der Waals surface area contributed by atoms with Crippen LogP contribution in [0.1, 0.15) is 44.2 Å². The van der Waals surface area contributed by atoms with Crippen LogP contribution in [0.2, 0.25) is 5.15 Å². The zero-order valence-electron chi connectivity index (χ0n) is 10.8. The van der Waals surface area contributed by atoms with Crippen molar-refractivity contribution in [3.05, 3.63) is 29.0 Å². The van der Waals surface area contributed by atoms with Gasteiger partial charge < -0.3 is 0 Å². The van der Waals surface area contributed by atoms with E-state index in [4.69, 9.17) is 11.6 Å². The van der Waals surface area contributed by atoms with Gasteiger partial charge in [0.05, 0.1) is 5.69 Å². The van der Waals surface area contributed by atoms with Crippen molar-refractivity contribution in [3.8, 4) is 0 Å². The van der Waals surface area contributed by atoms with Crippen LogP contribution in [0, 0.1) is 5.92 Å². The molecule has 0 amide bonds. The summed E-state index contributed by atoms with van der Waals surface area (Å²) < 4.78 is 0. The third-order valence-corrected chi connectivity index (χ3v) is 4.71. The van der Waals surface area contributed by atoms with Crippen LogP contribution in [0.4, 0.5) is 0 Å². The third-order valence-electron chi connectivity index (χ3n) is 4.50. The summed E-state index contributed by atoms with van der Waals surface area (Å²) in [7, 11) is 0. The van der Waals surface area contributed by atoms with Crippen LogP contribution in [0.3, 0.4) is 0 Å². The van der Waals surface area contributed by atoms with Gasteiger partial charge in [-0.2, -0.15) is 0 Å². The van der Waals surface area contributed by atoms with E-state index in [-0.39, 0.29) is 0 Å². The smallest absolute Gasteiger partial charge is 0.129 e. The minimum atomic E-state index is 0.615. The first kappa shape index (κ1) is 12.4. The van der Waals surface area contributed by atoms with Crippen molar-refractivity contribution in [2.24, 2.45) is 5.92 Å². The zero-order valence-corrected chi connectivity index (χ0v) is 11.6. The summed E-state index contributed by atoms with van der Waals surface area (Å²) in [6, 6.07) is 6.75. The van der Waals surface area contributed by atoms with Gasteiger partial charge in [0, 0.05) is 12.6 Å². The highest BCUT2D eigenvalue weighted by molar-refractivity contribution is 6.29. The van der Waals surface area contributed by atoms with E-state index in [2.05, 4.69) is 16.0 Å². The molecule has 2 fully saturated rings. The standard InChI is InChI=1S/C15H21ClN2/c16-15-9-3-7-13(17-15)11-18-10-4-8-14(18)12-5-1-2-6-12/h3,7,9,12,14H,1-2,4-6,8,10-11H2. The van der Waals surface area contributed by atoms with Crippen molar-refractivity contribution < 1.29 is 0 Å². The molecule has 1 saturated carbocycles. The van der Waals surface area contributed by atoms with Gasteiger partial charge in [0.2, 0.25) is 0 Å². The average molecular weight is 265 g/mol. The molecule has 18 heavy (non-hydrogen) atoms. The Hall–Kier alpha value is -0.600. The lowest BCUT2D eigenvalue weighted by Crippen LogP contribution is -2.34. The van der Waals surface area contributed by atoms with Gasteiger partial charge in [-0.1, -0.05) is 30.5 Å². The number of nitrogens with zero attached hydrogens (tertiary/aromatic N) is 2. The van der Waals surface area contributed by atoms with Gasteiger partial charge in [0.1, 0.15) is 5.15 Å². The van der Waals surface area contributed by atoms with Crippen molar-refractivity contribution in [2.45, 2.75) is 51.1 Å². The lowest BCUT2D eigenvalue weighted by molar-refractivity contribution is 0.181. The predicted molar refractivity (Wildman–Crippen MR) is 74.6 cm³/mol. The highest BCUT2D eigenvalue weighted by atomic mass is 35.5. The number of halogens is 1. The molecule has 3 rings (SSSR count). The number of pyridine rings is 1. The van der Waals surface area contributed by atoms with Gasteiger partial charge in [-0.15, -0.1) is 0 Å². The highest BCUT2D eigenvalue weighted by Gasteiger charge is 2.33. The summed E-state index contributed by atoms with van der Waals surface area (Å²) in [6.07, 6.45) is 8.47. The molecule has 98 valence electrons. The first-order valence-corrected chi connectivity index (χ1v) is 7.56. The van der Waals surface area contributed by atoms with Crippen LogP contribution in [0.5, 0.6) is 0 Å². The Morgan fingerprint density at radius 1 is 1.17 bits per heavy atom. The van der Waals surface area contributed by atoms with Gasteiger partial charge in [-0.3, -0.25) is 4.90 Å². The quantitative estimate of drug-likeness (QED) is 0.770. The van der Waals surface area contributed by atoms with Gasteiger partial charge in [-0.05, 0) is 50.3 Å². The number of rotatable bonds is 3. The van der Waals surface area contributed by atoms with Gasteiger partial charge in [-0.25, -0.2) is 4.98 Å². The molecule has 0 aromatic carbocycles. The first-order valence-electron chi connectivity index (χ1n) is 7.18. The van der Waals surface area contributed by atoms with Crippen LogP contribution in [0.15, 0.2) is 18.2 Å². The van der Waals surface area contributed by atoms with E-state index in [0.717, 1.165) is 24.2 Å². The molecule has 1 aromatic rings. The maximum Gasteiger partial charge on any atom is 0.129 e. The molecule has 1 aliphatic heterocycles. The molecular weight excluding hydrogens is 244 g/mol. The molecule has 1 unspecified atom stereocenters. The molecule has 3 heteroatoms. The van der Waals surface area contributed by atoms with Crippen LogP contribution in [-0.4, -0.2) is 22.5 Å². The van der Waals surface area contributed by atoms with E-state index in [1.54, 1.807) is 0 Å². The molecule has 0 bridgehead atoms. The minimum absolute atomic E-state index is 0.615. The van der Waals surface area contributed by atoms with Gasteiger partial charge in [0.15, 0.2) is 0 Å². The van der Waals surface area contributed by atoms with Crippen molar-refractivity contribution in [1.82, 2.24) is 9.88 Å². The lowest BCUT2D eigenvalue weighted by atomic mass is 9.96.